The summed E-state index contributed by atoms with van der Waals surface area (Å²) in [5.41, 5.74) is 1.71. The van der Waals surface area contributed by atoms with E-state index < -0.39 is 6.03 Å². The minimum Gasteiger partial charge on any atom is -0.505 e. The third-order valence-electron chi connectivity index (χ3n) is 4.63. The molecule has 0 unspecified atom stereocenters. The molecule has 1 aliphatic heterocycles. The van der Waals surface area contributed by atoms with Crippen molar-refractivity contribution >= 4 is 51.6 Å². The van der Waals surface area contributed by atoms with Gasteiger partial charge in [-0.15, -0.1) is 0 Å². The Kier molecular flexibility index (Phi) is 4.57. The van der Waals surface area contributed by atoms with Gasteiger partial charge in [-0.05, 0) is 38.0 Å². The van der Waals surface area contributed by atoms with Gasteiger partial charge in [0, 0.05) is 24.2 Å². The van der Waals surface area contributed by atoms with Gasteiger partial charge in [0.05, 0.1) is 27.5 Å². The summed E-state index contributed by atoms with van der Waals surface area (Å²) in [6.45, 7) is 3.84. The van der Waals surface area contributed by atoms with Crippen LogP contribution >= 0.6 is 23.2 Å². The van der Waals surface area contributed by atoms with Crippen molar-refractivity contribution in [1.82, 2.24) is 14.8 Å². The number of benzene rings is 1. The van der Waals surface area contributed by atoms with E-state index in [1.54, 1.807) is 6.20 Å². The molecule has 27 heavy (non-hydrogen) atoms. The Bertz CT molecular complexity index is 1020. The first-order chi connectivity index (χ1) is 12.9. The highest BCUT2D eigenvalue weighted by atomic mass is 35.5. The molecule has 0 aliphatic carbocycles. The van der Waals surface area contributed by atoms with E-state index in [1.165, 1.54) is 16.8 Å². The molecule has 1 amide bonds. The second-order valence-corrected chi connectivity index (χ2v) is 7.28. The lowest BCUT2D eigenvalue weighted by atomic mass is 10.2. The third kappa shape index (κ3) is 3.28. The van der Waals surface area contributed by atoms with Crippen LogP contribution in [-0.2, 0) is 0 Å². The van der Waals surface area contributed by atoms with Gasteiger partial charge in [0.1, 0.15) is 5.82 Å². The summed E-state index contributed by atoms with van der Waals surface area (Å²) in [6, 6.07) is 4.34. The SMILES string of the molecule is Cc1nn(C(=O)Nc2cc(Cl)c(O)c(Cl)c2)c2cnc(N3CCCC3)cc12. The standard InChI is InChI=1S/C18H17Cl2N5O2/c1-10-12-8-16(24-4-2-3-5-24)21-9-15(12)25(23-10)18(27)22-11-6-13(19)17(26)14(20)7-11/h6-9,26H,2-5H2,1H3,(H,22,27). The summed E-state index contributed by atoms with van der Waals surface area (Å²) >= 11 is 11.8. The predicted octanol–water partition coefficient (Wildman–Crippen LogP) is 4.43. The molecule has 1 aliphatic rings. The molecule has 0 atom stereocenters. The maximum atomic E-state index is 12.7. The quantitative estimate of drug-likeness (QED) is 0.615. The molecule has 0 saturated carbocycles. The molecular formula is C18H17Cl2N5O2. The van der Waals surface area contributed by atoms with Crippen molar-refractivity contribution in [2.75, 3.05) is 23.3 Å². The lowest BCUT2D eigenvalue weighted by Gasteiger charge is -2.16. The van der Waals surface area contributed by atoms with E-state index in [4.69, 9.17) is 23.2 Å². The van der Waals surface area contributed by atoms with Crippen LogP contribution < -0.4 is 10.2 Å². The van der Waals surface area contributed by atoms with E-state index in [2.05, 4.69) is 20.3 Å². The van der Waals surface area contributed by atoms with Crippen LogP contribution in [0.3, 0.4) is 0 Å². The number of anilines is 2. The molecule has 1 aromatic carbocycles. The zero-order valence-corrected chi connectivity index (χ0v) is 16.0. The van der Waals surface area contributed by atoms with Gasteiger partial charge in [0.2, 0.25) is 0 Å². The number of amides is 1. The number of hydrogen-bond donors (Lipinski definition) is 2. The van der Waals surface area contributed by atoms with E-state index >= 15 is 0 Å². The van der Waals surface area contributed by atoms with Crippen molar-refractivity contribution in [2.24, 2.45) is 0 Å². The van der Waals surface area contributed by atoms with Gasteiger partial charge >= 0.3 is 6.03 Å². The fraction of sp³-hybridized carbons (Fsp3) is 0.278. The second kappa shape index (κ2) is 6.90. The maximum Gasteiger partial charge on any atom is 0.347 e. The average Bonchev–Trinajstić information content (AvgIpc) is 3.28. The highest BCUT2D eigenvalue weighted by Gasteiger charge is 2.19. The first kappa shape index (κ1) is 17.9. The second-order valence-electron chi connectivity index (χ2n) is 6.47. The molecule has 3 heterocycles. The summed E-state index contributed by atoms with van der Waals surface area (Å²) in [5, 5.41) is 17.7. The Labute approximate surface area is 165 Å². The minimum absolute atomic E-state index is 0.0521. The number of carbonyl (C=O) groups is 1. The summed E-state index contributed by atoms with van der Waals surface area (Å²) in [7, 11) is 0. The molecular weight excluding hydrogens is 389 g/mol. The Hall–Kier alpha value is -2.51. The molecule has 4 rings (SSSR count). The van der Waals surface area contributed by atoms with Gasteiger partial charge in [-0.3, -0.25) is 0 Å². The number of pyridine rings is 1. The van der Waals surface area contributed by atoms with Crippen LogP contribution in [0.2, 0.25) is 10.0 Å². The summed E-state index contributed by atoms with van der Waals surface area (Å²) < 4.78 is 1.26. The fourth-order valence-electron chi connectivity index (χ4n) is 3.24. The topological polar surface area (TPSA) is 83.3 Å². The number of halogens is 2. The van der Waals surface area contributed by atoms with Gasteiger partial charge < -0.3 is 15.3 Å². The highest BCUT2D eigenvalue weighted by Crippen LogP contribution is 2.34. The van der Waals surface area contributed by atoms with E-state index in [9.17, 15) is 9.90 Å². The normalized spacial score (nSPS) is 14.1. The number of nitrogens with one attached hydrogen (secondary N) is 1. The van der Waals surface area contributed by atoms with Crippen molar-refractivity contribution < 1.29 is 9.90 Å². The largest absolute Gasteiger partial charge is 0.505 e. The zero-order chi connectivity index (χ0) is 19.1. The predicted molar refractivity (Wildman–Crippen MR) is 106 cm³/mol. The average molecular weight is 406 g/mol. The van der Waals surface area contributed by atoms with Crippen molar-refractivity contribution in [3.8, 4) is 5.75 Å². The van der Waals surface area contributed by atoms with E-state index in [-0.39, 0.29) is 15.8 Å². The van der Waals surface area contributed by atoms with Gasteiger partial charge in [-0.25, -0.2) is 9.78 Å². The van der Waals surface area contributed by atoms with Crippen molar-refractivity contribution in [3.63, 3.8) is 0 Å². The molecule has 0 spiro atoms. The van der Waals surface area contributed by atoms with Crippen molar-refractivity contribution in [1.29, 1.82) is 0 Å². The lowest BCUT2D eigenvalue weighted by molar-refractivity contribution is 0.251. The summed E-state index contributed by atoms with van der Waals surface area (Å²) in [4.78, 5) is 19.4. The molecule has 3 aromatic rings. The Morgan fingerprint density at radius 1 is 1.19 bits per heavy atom. The minimum atomic E-state index is -0.471. The number of aromatic nitrogens is 3. The van der Waals surface area contributed by atoms with Gasteiger partial charge in [0.25, 0.3) is 0 Å². The molecule has 1 fully saturated rings. The molecule has 7 nitrogen and oxygen atoms in total. The number of nitrogens with zero attached hydrogens (tertiary/aromatic N) is 4. The number of aryl methyl sites for hydroxylation is 1. The highest BCUT2D eigenvalue weighted by molar-refractivity contribution is 6.37. The van der Waals surface area contributed by atoms with Crippen molar-refractivity contribution in [3.05, 3.63) is 40.1 Å². The number of carbonyl (C=O) groups excluding carboxylic acids is 1. The van der Waals surface area contributed by atoms with Crippen LogP contribution in [0.4, 0.5) is 16.3 Å². The number of hydrogen-bond acceptors (Lipinski definition) is 5. The molecule has 0 radical (unpaired) electrons. The van der Waals surface area contributed by atoms with Crippen LogP contribution in [0.1, 0.15) is 18.5 Å². The third-order valence-corrected chi connectivity index (χ3v) is 5.20. The summed E-state index contributed by atoms with van der Waals surface area (Å²) in [5.74, 6) is 0.676. The van der Waals surface area contributed by atoms with Crippen LogP contribution in [0.25, 0.3) is 10.9 Å². The Morgan fingerprint density at radius 2 is 1.85 bits per heavy atom. The smallest absolute Gasteiger partial charge is 0.347 e. The van der Waals surface area contributed by atoms with E-state index in [0.29, 0.717) is 11.2 Å². The Morgan fingerprint density at radius 3 is 2.52 bits per heavy atom. The number of aromatic hydroxyl groups is 1. The molecule has 140 valence electrons. The fourth-order valence-corrected chi connectivity index (χ4v) is 3.73. The van der Waals surface area contributed by atoms with Crippen molar-refractivity contribution in [2.45, 2.75) is 19.8 Å². The molecule has 0 bridgehead atoms. The van der Waals surface area contributed by atoms with E-state index in [1.807, 2.05) is 13.0 Å². The number of rotatable bonds is 2. The lowest BCUT2D eigenvalue weighted by Crippen LogP contribution is -2.21. The maximum absolute atomic E-state index is 12.7. The first-order valence-electron chi connectivity index (χ1n) is 8.54. The zero-order valence-electron chi connectivity index (χ0n) is 14.5. The monoisotopic (exact) mass is 405 g/mol. The van der Waals surface area contributed by atoms with Crippen LogP contribution in [0.15, 0.2) is 24.4 Å². The number of phenolic OH excluding ortho intramolecular Hbond substituents is 1. The van der Waals surface area contributed by atoms with E-state index in [0.717, 1.165) is 42.8 Å². The van der Waals surface area contributed by atoms with Gasteiger partial charge in [-0.1, -0.05) is 23.2 Å². The Balaban J connectivity index is 1.66. The van der Waals surface area contributed by atoms with Crippen LogP contribution in [0.5, 0.6) is 5.75 Å². The van der Waals surface area contributed by atoms with Gasteiger partial charge in [-0.2, -0.15) is 9.78 Å². The van der Waals surface area contributed by atoms with Crippen LogP contribution in [-0.4, -0.2) is 39.0 Å². The van der Waals surface area contributed by atoms with Crippen LogP contribution in [0, 0.1) is 6.92 Å². The molecule has 2 aromatic heterocycles. The first-order valence-corrected chi connectivity index (χ1v) is 9.29. The number of fused-ring (bicyclic) bond motifs is 1. The molecule has 2 N–H and O–H groups in total. The number of phenols is 1. The molecule has 9 heteroatoms. The molecule has 1 saturated heterocycles. The summed E-state index contributed by atoms with van der Waals surface area (Å²) in [6.07, 6.45) is 4.00. The van der Waals surface area contributed by atoms with Gasteiger partial charge in [0.15, 0.2) is 5.75 Å².